The SMILES string of the molecule is CCC[C@H](NC(=O)[C@@H]1C[C@]2(CC(c3cccc(Cl)c3)=NO2)CN1C(=O)[C@@H](NC(=O)CCC(C)=O)C(C)(C)C)C(=O)C(=O)NC1CC1. The molecule has 2 heterocycles. The zero-order chi connectivity index (χ0) is 33.8. The van der Waals surface area contributed by atoms with Gasteiger partial charge >= 0.3 is 0 Å². The molecule has 2 fully saturated rings. The third-order valence-electron chi connectivity index (χ3n) is 8.45. The lowest BCUT2D eigenvalue weighted by Crippen LogP contribution is -2.59. The topological polar surface area (TPSA) is 163 Å². The van der Waals surface area contributed by atoms with Gasteiger partial charge in [0, 0.05) is 42.3 Å². The Labute approximate surface area is 274 Å². The lowest BCUT2D eigenvalue weighted by molar-refractivity contribution is -0.145. The molecular weight excluding hydrogens is 614 g/mol. The first-order valence-corrected chi connectivity index (χ1v) is 16.3. The number of hydrogen-bond donors (Lipinski definition) is 3. The molecule has 0 unspecified atom stereocenters. The lowest BCUT2D eigenvalue weighted by Gasteiger charge is -2.35. The molecule has 250 valence electrons. The van der Waals surface area contributed by atoms with Crippen molar-refractivity contribution in [2.45, 2.75) is 116 Å². The van der Waals surface area contributed by atoms with Crippen molar-refractivity contribution >= 4 is 52.5 Å². The Morgan fingerprint density at radius 2 is 1.83 bits per heavy atom. The van der Waals surface area contributed by atoms with E-state index in [0.717, 1.165) is 18.4 Å². The maximum atomic E-state index is 14.3. The third-order valence-corrected chi connectivity index (χ3v) is 8.69. The first-order valence-electron chi connectivity index (χ1n) is 15.9. The number of benzene rings is 1. The van der Waals surface area contributed by atoms with Gasteiger partial charge in [0.1, 0.15) is 17.9 Å². The zero-order valence-electron chi connectivity index (χ0n) is 27.1. The number of amides is 4. The van der Waals surface area contributed by atoms with Crippen molar-refractivity contribution in [1.82, 2.24) is 20.9 Å². The highest BCUT2D eigenvalue weighted by Crippen LogP contribution is 2.40. The predicted molar refractivity (Wildman–Crippen MR) is 171 cm³/mol. The summed E-state index contributed by atoms with van der Waals surface area (Å²) < 4.78 is 0. The molecule has 2 aliphatic heterocycles. The number of Topliss-reactive ketones (excluding diaryl/α,β-unsaturated/α-hetero) is 2. The molecule has 1 spiro atoms. The second-order valence-corrected chi connectivity index (χ2v) is 14.2. The average molecular weight is 658 g/mol. The third kappa shape index (κ3) is 8.71. The van der Waals surface area contributed by atoms with Crippen molar-refractivity contribution < 1.29 is 33.6 Å². The van der Waals surface area contributed by atoms with E-state index < -0.39 is 58.6 Å². The van der Waals surface area contributed by atoms with Gasteiger partial charge in [0.05, 0.1) is 18.3 Å². The van der Waals surface area contributed by atoms with Crippen LogP contribution < -0.4 is 16.0 Å². The number of hydrogen-bond acceptors (Lipinski definition) is 8. The minimum absolute atomic E-state index is 0.0120. The molecule has 4 rings (SSSR count). The summed E-state index contributed by atoms with van der Waals surface area (Å²) in [5, 5.41) is 13.0. The largest absolute Gasteiger partial charge is 0.387 e. The number of carbonyl (C=O) groups is 6. The normalized spacial score (nSPS) is 22.0. The Kier molecular flexibility index (Phi) is 10.9. The van der Waals surface area contributed by atoms with Gasteiger partial charge in [0.25, 0.3) is 5.91 Å². The zero-order valence-corrected chi connectivity index (χ0v) is 27.9. The summed E-state index contributed by atoms with van der Waals surface area (Å²) in [5.41, 5.74) is -0.461. The van der Waals surface area contributed by atoms with Gasteiger partial charge in [-0.2, -0.15) is 0 Å². The minimum Gasteiger partial charge on any atom is -0.387 e. The van der Waals surface area contributed by atoms with Gasteiger partial charge in [0.15, 0.2) is 5.60 Å². The molecule has 0 radical (unpaired) electrons. The summed E-state index contributed by atoms with van der Waals surface area (Å²) in [6, 6.07) is 3.91. The molecule has 1 saturated carbocycles. The molecule has 4 amide bonds. The number of ketones is 2. The van der Waals surface area contributed by atoms with E-state index >= 15 is 0 Å². The summed E-state index contributed by atoms with van der Waals surface area (Å²) in [6.07, 6.45) is 2.70. The van der Waals surface area contributed by atoms with Gasteiger partial charge in [-0.15, -0.1) is 0 Å². The van der Waals surface area contributed by atoms with Crippen molar-refractivity contribution in [2.24, 2.45) is 10.6 Å². The number of nitrogens with one attached hydrogen (secondary N) is 3. The minimum atomic E-state index is -1.08. The Balaban J connectivity index is 1.60. The summed E-state index contributed by atoms with van der Waals surface area (Å²) in [6.45, 7) is 8.60. The molecule has 13 heteroatoms. The van der Waals surface area contributed by atoms with Gasteiger partial charge < -0.3 is 30.5 Å². The van der Waals surface area contributed by atoms with Crippen LogP contribution >= 0.6 is 11.6 Å². The van der Waals surface area contributed by atoms with Crippen LogP contribution in [0.5, 0.6) is 0 Å². The van der Waals surface area contributed by atoms with E-state index in [0.29, 0.717) is 17.2 Å². The van der Waals surface area contributed by atoms with E-state index in [1.807, 2.05) is 13.0 Å². The van der Waals surface area contributed by atoms with Crippen molar-refractivity contribution in [2.75, 3.05) is 6.54 Å². The van der Waals surface area contributed by atoms with Crippen molar-refractivity contribution in [1.29, 1.82) is 0 Å². The van der Waals surface area contributed by atoms with E-state index in [-0.39, 0.29) is 50.5 Å². The Morgan fingerprint density at radius 1 is 1.11 bits per heavy atom. The number of carbonyl (C=O) groups excluding carboxylic acids is 6. The highest BCUT2D eigenvalue weighted by molar-refractivity contribution is 6.38. The number of rotatable bonds is 13. The quantitative estimate of drug-likeness (QED) is 0.275. The second-order valence-electron chi connectivity index (χ2n) is 13.7. The Morgan fingerprint density at radius 3 is 2.43 bits per heavy atom. The van der Waals surface area contributed by atoms with E-state index in [4.69, 9.17) is 16.4 Å². The second kappa shape index (κ2) is 14.3. The van der Waals surface area contributed by atoms with Crippen molar-refractivity contribution in [3.05, 3.63) is 34.9 Å². The van der Waals surface area contributed by atoms with E-state index in [9.17, 15) is 28.8 Å². The highest BCUT2D eigenvalue weighted by atomic mass is 35.5. The van der Waals surface area contributed by atoms with Crippen molar-refractivity contribution in [3.63, 3.8) is 0 Å². The van der Waals surface area contributed by atoms with Gasteiger partial charge in [-0.05, 0) is 43.7 Å². The number of nitrogens with zero attached hydrogens (tertiary/aromatic N) is 2. The van der Waals surface area contributed by atoms with Crippen LogP contribution in [0.1, 0.15) is 91.5 Å². The van der Waals surface area contributed by atoms with Crippen LogP contribution in [0.2, 0.25) is 5.02 Å². The van der Waals surface area contributed by atoms with Crippen LogP contribution in [0, 0.1) is 5.41 Å². The molecule has 1 aromatic carbocycles. The number of halogens is 1. The Hall–Kier alpha value is -3.80. The molecule has 46 heavy (non-hydrogen) atoms. The van der Waals surface area contributed by atoms with Gasteiger partial charge in [-0.1, -0.05) is 63.0 Å². The van der Waals surface area contributed by atoms with Gasteiger partial charge in [0.2, 0.25) is 23.5 Å². The molecule has 0 aromatic heterocycles. The average Bonchev–Trinajstić information content (AvgIpc) is 3.58. The summed E-state index contributed by atoms with van der Waals surface area (Å²) in [4.78, 5) is 85.6. The number of likely N-dealkylation sites (tertiary alicyclic amines) is 1. The summed E-state index contributed by atoms with van der Waals surface area (Å²) in [7, 11) is 0. The first-order chi connectivity index (χ1) is 21.6. The summed E-state index contributed by atoms with van der Waals surface area (Å²) in [5.74, 6) is -3.20. The maximum absolute atomic E-state index is 14.3. The fourth-order valence-electron chi connectivity index (χ4n) is 5.76. The fraction of sp³-hybridized carbons (Fsp3) is 0.606. The van der Waals surface area contributed by atoms with E-state index in [1.54, 1.807) is 39.0 Å². The summed E-state index contributed by atoms with van der Waals surface area (Å²) >= 11 is 6.20. The fourth-order valence-corrected chi connectivity index (χ4v) is 5.95. The van der Waals surface area contributed by atoms with Gasteiger partial charge in [-0.3, -0.25) is 24.0 Å². The molecule has 0 bridgehead atoms. The van der Waals surface area contributed by atoms with Crippen molar-refractivity contribution in [3.8, 4) is 0 Å². The predicted octanol–water partition coefficient (Wildman–Crippen LogP) is 2.84. The van der Waals surface area contributed by atoms with Gasteiger partial charge in [-0.25, -0.2) is 0 Å². The number of oxime groups is 1. The highest BCUT2D eigenvalue weighted by Gasteiger charge is 2.55. The molecule has 12 nitrogen and oxygen atoms in total. The van der Waals surface area contributed by atoms with Crippen LogP contribution in [0.4, 0.5) is 0 Å². The van der Waals surface area contributed by atoms with E-state index in [1.165, 1.54) is 11.8 Å². The molecule has 4 atom stereocenters. The van der Waals surface area contributed by atoms with Crippen LogP contribution in [-0.2, 0) is 33.6 Å². The molecular formula is C33H44ClN5O7. The molecule has 1 saturated heterocycles. The standard InChI is InChI=1S/C33H44ClN5O7/c1-6-8-23(27(42)30(44)35-22-12-13-22)36-29(43)25-17-33(16-24(38-46-33)20-9-7-10-21(34)15-20)18-39(25)31(45)28(32(3,4)5)37-26(41)14-11-19(2)40/h7,9-10,15,22-23,25,28H,6,8,11-14,16-18H2,1-5H3,(H,35,44)(H,36,43)(H,37,41)/t23-,25-,28+,33+/m0/s1. The van der Waals surface area contributed by atoms with Crippen LogP contribution in [0.3, 0.4) is 0 Å². The lowest BCUT2D eigenvalue weighted by atomic mass is 9.85. The smallest absolute Gasteiger partial charge is 0.289 e. The molecule has 3 aliphatic rings. The molecule has 3 N–H and O–H groups in total. The van der Waals surface area contributed by atoms with Crippen LogP contribution in [-0.4, -0.2) is 82.1 Å². The maximum Gasteiger partial charge on any atom is 0.289 e. The first kappa shape index (κ1) is 35.1. The monoisotopic (exact) mass is 657 g/mol. The Bertz CT molecular complexity index is 1420. The molecule has 1 aromatic rings. The van der Waals surface area contributed by atoms with Crippen LogP contribution in [0.15, 0.2) is 29.4 Å². The van der Waals surface area contributed by atoms with Crippen LogP contribution in [0.25, 0.3) is 0 Å². The molecule has 1 aliphatic carbocycles. The van der Waals surface area contributed by atoms with E-state index in [2.05, 4.69) is 21.1 Å².